The third-order valence-corrected chi connectivity index (χ3v) is 8.19. The molecule has 1 aliphatic heterocycles. The van der Waals surface area contributed by atoms with E-state index in [4.69, 9.17) is 4.74 Å². The molecule has 11 heteroatoms. The van der Waals surface area contributed by atoms with Gasteiger partial charge in [0.15, 0.2) is 0 Å². The number of piperazine rings is 1. The maximum Gasteiger partial charge on any atom is 0.264 e. The molecule has 2 heterocycles. The average Bonchev–Trinajstić information content (AvgIpc) is 2.97. The number of halogens is 1. The van der Waals surface area contributed by atoms with Gasteiger partial charge >= 0.3 is 0 Å². The van der Waals surface area contributed by atoms with E-state index in [-0.39, 0.29) is 34.6 Å². The molecule has 0 saturated carbocycles. The van der Waals surface area contributed by atoms with Gasteiger partial charge in [-0.1, -0.05) is 36.4 Å². The molecule has 3 aromatic carbocycles. The molecule has 0 spiro atoms. The van der Waals surface area contributed by atoms with Crippen LogP contribution in [0.2, 0.25) is 0 Å². The molecule has 1 aromatic heterocycles. The lowest BCUT2D eigenvalue weighted by atomic mass is 10.1. The molecule has 206 valence electrons. The lowest BCUT2D eigenvalue weighted by Gasteiger charge is -2.35. The molecule has 0 radical (unpaired) electrons. The smallest absolute Gasteiger partial charge is 0.264 e. The second-order valence-electron chi connectivity index (χ2n) is 9.29. The number of methoxy groups -OCH3 is 1. The number of hydrogen-bond donors (Lipinski definition) is 1. The molecular formula is C29H27FN4O5S. The average molecular weight is 563 g/mol. The Balaban J connectivity index is 1.26. The van der Waals surface area contributed by atoms with Crippen LogP contribution < -0.4 is 9.46 Å². The Kier molecular flexibility index (Phi) is 7.65. The number of anilines is 1. The number of rotatable bonds is 7. The van der Waals surface area contributed by atoms with Crippen LogP contribution in [0.3, 0.4) is 0 Å². The maximum atomic E-state index is 13.9. The molecule has 0 aliphatic carbocycles. The maximum absolute atomic E-state index is 13.9. The third kappa shape index (κ3) is 5.59. The first-order valence-corrected chi connectivity index (χ1v) is 14.1. The second-order valence-corrected chi connectivity index (χ2v) is 10.9. The van der Waals surface area contributed by atoms with Crippen LogP contribution in [0.5, 0.6) is 5.75 Å². The fourth-order valence-electron chi connectivity index (χ4n) is 4.66. The highest BCUT2D eigenvalue weighted by Crippen LogP contribution is 2.30. The van der Waals surface area contributed by atoms with E-state index in [1.54, 1.807) is 52.3 Å². The van der Waals surface area contributed by atoms with Gasteiger partial charge in [-0.2, -0.15) is 0 Å². The summed E-state index contributed by atoms with van der Waals surface area (Å²) in [7, 11) is -2.62. The van der Waals surface area contributed by atoms with Crippen LogP contribution in [-0.2, 0) is 21.2 Å². The van der Waals surface area contributed by atoms with E-state index in [1.807, 2.05) is 0 Å². The number of nitrogens with zero attached hydrogens (tertiary/aromatic N) is 3. The van der Waals surface area contributed by atoms with Gasteiger partial charge in [0, 0.05) is 43.3 Å². The van der Waals surface area contributed by atoms with E-state index >= 15 is 0 Å². The molecule has 0 unspecified atom stereocenters. The fourth-order valence-corrected chi connectivity index (χ4v) is 5.91. The Bertz CT molecular complexity index is 1680. The predicted molar refractivity (Wildman–Crippen MR) is 148 cm³/mol. The summed E-state index contributed by atoms with van der Waals surface area (Å²) < 4.78 is 48.4. The van der Waals surface area contributed by atoms with Gasteiger partial charge in [0.25, 0.3) is 15.9 Å². The highest BCUT2D eigenvalue weighted by atomic mass is 32.2. The Morgan fingerprint density at radius 1 is 0.950 bits per heavy atom. The van der Waals surface area contributed by atoms with Crippen molar-refractivity contribution in [2.75, 3.05) is 38.0 Å². The molecule has 40 heavy (non-hydrogen) atoms. The van der Waals surface area contributed by atoms with Crippen molar-refractivity contribution in [3.05, 3.63) is 95.9 Å². The molecule has 1 fully saturated rings. The number of fused-ring (bicyclic) bond motifs is 1. The van der Waals surface area contributed by atoms with Crippen molar-refractivity contribution in [3.8, 4) is 5.75 Å². The van der Waals surface area contributed by atoms with Gasteiger partial charge in [-0.25, -0.2) is 12.8 Å². The fraction of sp³-hybridized carbons (Fsp3) is 0.207. The van der Waals surface area contributed by atoms with Gasteiger partial charge in [0.2, 0.25) is 5.91 Å². The van der Waals surface area contributed by atoms with E-state index < -0.39 is 15.8 Å². The minimum atomic E-state index is -4.01. The Morgan fingerprint density at radius 2 is 1.68 bits per heavy atom. The standard InChI is InChI=1S/C29H27FN4O5S/c1-39-25-18-22(11-12-24(25)32-40(37,38)26-10-4-7-20-8-5-13-31-28(20)26)29(36)34-16-14-33(15-17-34)27(35)19-21-6-2-3-9-23(21)30/h2-13,18,32H,14-17,19H2,1H3. The zero-order chi connectivity index (χ0) is 28.3. The Labute approximate surface area is 231 Å². The number of carbonyl (C=O) groups excluding carboxylic acids is 2. The van der Waals surface area contributed by atoms with Crippen molar-refractivity contribution >= 4 is 38.4 Å². The highest BCUT2D eigenvalue weighted by molar-refractivity contribution is 7.93. The summed E-state index contributed by atoms with van der Waals surface area (Å²) in [5, 5.41) is 0.687. The van der Waals surface area contributed by atoms with Crippen molar-refractivity contribution in [2.24, 2.45) is 0 Å². The minimum Gasteiger partial charge on any atom is -0.495 e. The zero-order valence-corrected chi connectivity index (χ0v) is 22.5. The summed E-state index contributed by atoms with van der Waals surface area (Å²) in [5.41, 5.74) is 1.17. The molecule has 1 saturated heterocycles. The van der Waals surface area contributed by atoms with Crippen LogP contribution in [0.4, 0.5) is 10.1 Å². The summed E-state index contributed by atoms with van der Waals surface area (Å²) in [6.07, 6.45) is 1.49. The van der Waals surface area contributed by atoms with Crippen LogP contribution in [-0.4, -0.2) is 68.3 Å². The monoisotopic (exact) mass is 562 g/mol. The number of aromatic nitrogens is 1. The van der Waals surface area contributed by atoms with Crippen LogP contribution >= 0.6 is 0 Å². The van der Waals surface area contributed by atoms with E-state index in [1.165, 1.54) is 43.6 Å². The first-order valence-electron chi connectivity index (χ1n) is 12.6. The number of carbonyl (C=O) groups is 2. The van der Waals surface area contributed by atoms with Crippen molar-refractivity contribution in [1.29, 1.82) is 0 Å². The zero-order valence-electron chi connectivity index (χ0n) is 21.7. The number of pyridine rings is 1. The Morgan fingerprint density at radius 3 is 2.42 bits per heavy atom. The van der Waals surface area contributed by atoms with Crippen LogP contribution in [0.1, 0.15) is 15.9 Å². The molecular weight excluding hydrogens is 535 g/mol. The third-order valence-electron chi connectivity index (χ3n) is 6.80. The van der Waals surface area contributed by atoms with Crippen LogP contribution in [0.15, 0.2) is 83.9 Å². The summed E-state index contributed by atoms with van der Waals surface area (Å²) in [4.78, 5) is 33.4. The van der Waals surface area contributed by atoms with Crippen molar-refractivity contribution < 1.29 is 27.1 Å². The number of hydrogen-bond acceptors (Lipinski definition) is 6. The molecule has 1 aliphatic rings. The van der Waals surface area contributed by atoms with Crippen molar-refractivity contribution in [3.63, 3.8) is 0 Å². The number of benzene rings is 3. The predicted octanol–water partition coefficient (Wildman–Crippen LogP) is 3.71. The molecule has 0 bridgehead atoms. The highest BCUT2D eigenvalue weighted by Gasteiger charge is 2.27. The van der Waals surface area contributed by atoms with E-state index in [0.717, 1.165) is 0 Å². The molecule has 9 nitrogen and oxygen atoms in total. The van der Waals surface area contributed by atoms with Gasteiger partial charge in [0.05, 0.1) is 24.7 Å². The van der Waals surface area contributed by atoms with Gasteiger partial charge < -0.3 is 14.5 Å². The van der Waals surface area contributed by atoms with E-state index in [0.29, 0.717) is 48.2 Å². The molecule has 0 atom stereocenters. The summed E-state index contributed by atoms with van der Waals surface area (Å²) in [6, 6.07) is 19.1. The first-order chi connectivity index (χ1) is 19.3. The molecule has 2 amide bonds. The van der Waals surface area contributed by atoms with Crippen molar-refractivity contribution in [2.45, 2.75) is 11.3 Å². The van der Waals surface area contributed by atoms with Crippen LogP contribution in [0, 0.1) is 5.82 Å². The van der Waals surface area contributed by atoms with E-state index in [9.17, 15) is 22.4 Å². The van der Waals surface area contributed by atoms with Gasteiger partial charge in [0.1, 0.15) is 16.5 Å². The minimum absolute atomic E-state index is 0.0234. The van der Waals surface area contributed by atoms with Gasteiger partial charge in [-0.05, 0) is 42.0 Å². The lowest BCUT2D eigenvalue weighted by molar-refractivity contribution is -0.132. The Hall–Kier alpha value is -4.51. The number of nitrogens with one attached hydrogen (secondary N) is 1. The largest absolute Gasteiger partial charge is 0.495 e. The number of para-hydroxylation sites is 1. The van der Waals surface area contributed by atoms with Gasteiger partial charge in [-0.3, -0.25) is 19.3 Å². The number of sulfonamides is 1. The summed E-state index contributed by atoms with van der Waals surface area (Å²) in [6.45, 7) is 1.28. The quantitative estimate of drug-likeness (QED) is 0.368. The molecule has 1 N–H and O–H groups in total. The summed E-state index contributed by atoms with van der Waals surface area (Å²) >= 11 is 0. The van der Waals surface area contributed by atoms with Crippen molar-refractivity contribution in [1.82, 2.24) is 14.8 Å². The summed E-state index contributed by atoms with van der Waals surface area (Å²) in [5.74, 6) is -0.705. The SMILES string of the molecule is COc1cc(C(=O)N2CCN(C(=O)Cc3ccccc3F)CC2)ccc1NS(=O)(=O)c1cccc2cccnc12. The second kappa shape index (κ2) is 11.3. The van der Waals surface area contributed by atoms with Crippen LogP contribution in [0.25, 0.3) is 10.9 Å². The normalized spacial score (nSPS) is 13.8. The molecule has 5 rings (SSSR count). The number of amides is 2. The number of ether oxygens (including phenoxy) is 1. The first kappa shape index (κ1) is 27.1. The molecule has 4 aromatic rings. The van der Waals surface area contributed by atoms with Gasteiger partial charge in [-0.15, -0.1) is 0 Å². The lowest BCUT2D eigenvalue weighted by Crippen LogP contribution is -2.51. The topological polar surface area (TPSA) is 109 Å². The van der Waals surface area contributed by atoms with E-state index in [2.05, 4.69) is 9.71 Å².